The highest BCUT2D eigenvalue weighted by molar-refractivity contribution is 5.90. The summed E-state index contributed by atoms with van der Waals surface area (Å²) in [6.45, 7) is 2.89. The number of rotatable bonds is 14. The van der Waals surface area contributed by atoms with E-state index in [0.29, 0.717) is 44.3 Å². The summed E-state index contributed by atoms with van der Waals surface area (Å²) < 4.78 is 13.0. The van der Waals surface area contributed by atoms with Crippen molar-refractivity contribution in [2.75, 3.05) is 18.9 Å². The van der Waals surface area contributed by atoms with Crippen molar-refractivity contribution in [2.24, 2.45) is 0 Å². The summed E-state index contributed by atoms with van der Waals surface area (Å²) in [4.78, 5) is 25.5. The zero-order chi connectivity index (χ0) is 29.9. The van der Waals surface area contributed by atoms with E-state index in [1.54, 1.807) is 0 Å². The number of aliphatic carboxylic acids is 1. The molecule has 0 saturated carbocycles. The highest BCUT2D eigenvalue weighted by Gasteiger charge is 2.33. The molecule has 8 nitrogen and oxygen atoms in total. The minimum Gasteiger partial charge on any atom is -0.481 e. The Bertz CT molecular complexity index is 1280. The van der Waals surface area contributed by atoms with Gasteiger partial charge in [0.1, 0.15) is 0 Å². The summed E-state index contributed by atoms with van der Waals surface area (Å²) in [7, 11) is 2.11. The van der Waals surface area contributed by atoms with Crippen LogP contribution < -0.4 is 5.32 Å². The van der Waals surface area contributed by atoms with Crippen molar-refractivity contribution in [2.45, 2.75) is 76.6 Å². The number of hydrogen-bond donors (Lipinski definition) is 3. The lowest BCUT2D eigenvalue weighted by atomic mass is 9.99. The van der Waals surface area contributed by atoms with Crippen LogP contribution >= 0.6 is 0 Å². The molecule has 0 spiro atoms. The first-order valence-electron chi connectivity index (χ1n) is 14.7. The summed E-state index contributed by atoms with van der Waals surface area (Å²) in [6.07, 6.45) is 2.11. The Morgan fingerprint density at radius 2 is 1.67 bits per heavy atom. The van der Waals surface area contributed by atoms with E-state index in [2.05, 4.69) is 48.5 Å². The largest absolute Gasteiger partial charge is 0.481 e. The van der Waals surface area contributed by atoms with E-state index in [0.717, 1.165) is 16.7 Å². The second-order valence-electron chi connectivity index (χ2n) is 11.0. The van der Waals surface area contributed by atoms with Gasteiger partial charge in [-0.15, -0.1) is 0 Å². The number of carbonyl (C=O) groups is 2. The molecule has 3 aromatic carbocycles. The molecule has 42 heavy (non-hydrogen) atoms. The molecule has 1 aliphatic heterocycles. The summed E-state index contributed by atoms with van der Waals surface area (Å²) in [5.74, 6) is -0.920. The Morgan fingerprint density at radius 3 is 2.38 bits per heavy atom. The Hall–Kier alpha value is -3.56. The van der Waals surface area contributed by atoms with Crippen molar-refractivity contribution < 1.29 is 29.3 Å². The Morgan fingerprint density at radius 1 is 0.929 bits per heavy atom. The molecule has 0 bridgehead atoms. The van der Waals surface area contributed by atoms with Crippen LogP contribution in [0.5, 0.6) is 0 Å². The first-order chi connectivity index (χ1) is 20.3. The molecule has 0 unspecified atom stereocenters. The molecule has 3 aromatic rings. The zero-order valence-corrected chi connectivity index (χ0v) is 24.4. The number of carbonyl (C=O) groups excluding carboxylic acids is 1. The number of benzene rings is 3. The Labute approximate surface area is 248 Å². The van der Waals surface area contributed by atoms with Gasteiger partial charge >= 0.3 is 5.97 Å². The van der Waals surface area contributed by atoms with Gasteiger partial charge in [0, 0.05) is 43.1 Å². The SMILES string of the molecule is C[C@@H](c1ccccc1)N(C)C[C@H]1C[C@@H](c2ccc(CO)cc2)O[C@@H](c2cccc(NC(=O)CCCCCC(=O)O)c2)O1. The molecule has 0 aromatic heterocycles. The highest BCUT2D eigenvalue weighted by Crippen LogP contribution is 2.39. The summed E-state index contributed by atoms with van der Waals surface area (Å²) in [6, 6.07) is 26.0. The lowest BCUT2D eigenvalue weighted by molar-refractivity contribution is -0.253. The topological polar surface area (TPSA) is 108 Å². The number of aliphatic hydroxyl groups is 1. The molecule has 8 heteroatoms. The molecule has 1 aliphatic rings. The number of aliphatic hydroxyl groups excluding tert-OH is 1. The van der Waals surface area contributed by atoms with Gasteiger partial charge in [-0.05, 0) is 55.6 Å². The van der Waals surface area contributed by atoms with Crippen molar-refractivity contribution in [1.82, 2.24) is 4.90 Å². The minimum absolute atomic E-state index is 0.0107. The average molecular weight is 575 g/mol. The van der Waals surface area contributed by atoms with Gasteiger partial charge in [0.2, 0.25) is 5.91 Å². The third kappa shape index (κ3) is 9.22. The molecule has 1 heterocycles. The Kier molecular flexibility index (Phi) is 11.7. The number of carboxylic acid groups (broad SMARTS) is 1. The number of ether oxygens (including phenoxy) is 2. The summed E-state index contributed by atoms with van der Waals surface area (Å²) in [5.41, 5.74) is 4.59. The number of unbranched alkanes of at least 4 members (excludes halogenated alkanes) is 2. The van der Waals surface area contributed by atoms with Gasteiger partial charge in [-0.25, -0.2) is 0 Å². The lowest BCUT2D eigenvalue weighted by Crippen LogP contribution is -2.38. The van der Waals surface area contributed by atoms with Gasteiger partial charge in [-0.1, -0.05) is 73.2 Å². The fourth-order valence-corrected chi connectivity index (χ4v) is 5.22. The standard InChI is InChI=1S/C34H42N2O6/c1-24(26-10-5-3-6-11-26)36(2)22-30-21-31(27-18-16-25(23-37)17-19-27)42-34(41-30)28-12-9-13-29(20-28)35-32(38)14-7-4-8-15-33(39)40/h3,5-6,9-13,16-20,24,30-31,34,37H,4,7-8,14-15,21-23H2,1-2H3,(H,35,38)(H,39,40)/t24-,30+,31-,34-/m0/s1. The number of carboxylic acids is 1. The molecular weight excluding hydrogens is 532 g/mol. The third-order valence-electron chi connectivity index (χ3n) is 7.79. The summed E-state index contributed by atoms with van der Waals surface area (Å²) >= 11 is 0. The van der Waals surface area contributed by atoms with Crippen LogP contribution in [-0.2, 0) is 25.7 Å². The Balaban J connectivity index is 1.45. The van der Waals surface area contributed by atoms with Crippen LogP contribution in [0.4, 0.5) is 5.69 Å². The molecule has 224 valence electrons. The fraction of sp³-hybridized carbons (Fsp3) is 0.412. The normalized spacial score (nSPS) is 19.4. The zero-order valence-electron chi connectivity index (χ0n) is 24.4. The number of likely N-dealkylation sites (N-methyl/N-ethyl adjacent to an activating group) is 1. The van der Waals surface area contributed by atoms with Crippen molar-refractivity contribution in [3.63, 3.8) is 0 Å². The second kappa shape index (κ2) is 15.6. The monoisotopic (exact) mass is 574 g/mol. The predicted molar refractivity (Wildman–Crippen MR) is 162 cm³/mol. The van der Waals surface area contributed by atoms with E-state index in [1.165, 1.54) is 5.56 Å². The average Bonchev–Trinajstić information content (AvgIpc) is 3.00. The first-order valence-corrected chi connectivity index (χ1v) is 14.7. The van der Waals surface area contributed by atoms with Gasteiger partial charge < -0.3 is 25.0 Å². The number of nitrogens with one attached hydrogen (secondary N) is 1. The maximum absolute atomic E-state index is 12.5. The lowest BCUT2D eigenvalue weighted by Gasteiger charge is -2.39. The van der Waals surface area contributed by atoms with Gasteiger partial charge in [-0.3, -0.25) is 14.5 Å². The van der Waals surface area contributed by atoms with Crippen LogP contribution in [0.25, 0.3) is 0 Å². The van der Waals surface area contributed by atoms with E-state index >= 15 is 0 Å². The molecule has 4 rings (SSSR count). The van der Waals surface area contributed by atoms with Crippen LogP contribution in [0.3, 0.4) is 0 Å². The molecular formula is C34H42N2O6. The van der Waals surface area contributed by atoms with Gasteiger partial charge in [-0.2, -0.15) is 0 Å². The minimum atomic E-state index is -0.813. The fourth-order valence-electron chi connectivity index (χ4n) is 5.22. The number of amides is 1. The van der Waals surface area contributed by atoms with Crippen LogP contribution in [-0.4, -0.2) is 46.7 Å². The summed E-state index contributed by atoms with van der Waals surface area (Å²) in [5, 5.41) is 21.2. The van der Waals surface area contributed by atoms with Crippen LogP contribution in [0.15, 0.2) is 78.9 Å². The van der Waals surface area contributed by atoms with Crippen LogP contribution in [0, 0.1) is 0 Å². The third-order valence-corrected chi connectivity index (χ3v) is 7.79. The van der Waals surface area contributed by atoms with Gasteiger partial charge in [0.05, 0.1) is 18.8 Å². The van der Waals surface area contributed by atoms with Crippen LogP contribution in [0.1, 0.15) is 86.1 Å². The van der Waals surface area contributed by atoms with E-state index in [1.807, 2.05) is 54.6 Å². The molecule has 1 saturated heterocycles. The molecule has 1 amide bonds. The van der Waals surface area contributed by atoms with E-state index < -0.39 is 12.3 Å². The molecule has 4 atom stereocenters. The highest BCUT2D eigenvalue weighted by atomic mass is 16.7. The maximum atomic E-state index is 12.5. The van der Waals surface area contributed by atoms with Gasteiger partial charge in [0.15, 0.2) is 6.29 Å². The molecule has 0 aliphatic carbocycles. The second-order valence-corrected chi connectivity index (χ2v) is 11.0. The molecule has 1 fully saturated rings. The number of anilines is 1. The quantitative estimate of drug-likeness (QED) is 0.192. The van der Waals surface area contributed by atoms with Gasteiger partial charge in [0.25, 0.3) is 0 Å². The smallest absolute Gasteiger partial charge is 0.303 e. The van der Waals surface area contributed by atoms with Crippen molar-refractivity contribution in [3.05, 3.63) is 101 Å². The first kappa shape index (κ1) is 31.4. The van der Waals surface area contributed by atoms with Crippen molar-refractivity contribution in [3.8, 4) is 0 Å². The predicted octanol–water partition coefficient (Wildman–Crippen LogP) is 6.39. The van der Waals surface area contributed by atoms with Crippen LogP contribution in [0.2, 0.25) is 0 Å². The van der Waals surface area contributed by atoms with E-state index in [9.17, 15) is 14.7 Å². The van der Waals surface area contributed by atoms with E-state index in [-0.39, 0.29) is 37.2 Å². The van der Waals surface area contributed by atoms with Crippen molar-refractivity contribution >= 4 is 17.6 Å². The molecule has 0 radical (unpaired) electrons. The molecule has 3 N–H and O–H groups in total. The number of nitrogens with zero attached hydrogens (tertiary/aromatic N) is 1. The number of hydrogen-bond acceptors (Lipinski definition) is 6. The van der Waals surface area contributed by atoms with Crippen molar-refractivity contribution in [1.29, 1.82) is 0 Å². The van der Waals surface area contributed by atoms with E-state index in [4.69, 9.17) is 14.6 Å². The maximum Gasteiger partial charge on any atom is 0.303 e.